The fourth-order valence-electron chi connectivity index (χ4n) is 3.12. The summed E-state index contributed by atoms with van der Waals surface area (Å²) in [6, 6.07) is 15.9. The molecule has 1 heterocycles. The highest BCUT2D eigenvalue weighted by molar-refractivity contribution is 9.10. The van der Waals surface area contributed by atoms with Crippen LogP contribution < -0.4 is 10.2 Å². The van der Waals surface area contributed by atoms with Crippen LogP contribution in [0.3, 0.4) is 0 Å². The van der Waals surface area contributed by atoms with Gasteiger partial charge in [-0.3, -0.25) is 0 Å². The summed E-state index contributed by atoms with van der Waals surface area (Å²) in [5.74, 6) is 0. The minimum absolute atomic E-state index is 0.520. The lowest BCUT2D eigenvalue weighted by Crippen LogP contribution is -2.33. The van der Waals surface area contributed by atoms with Gasteiger partial charge in [0.15, 0.2) is 0 Å². The molecule has 0 amide bonds. The van der Waals surface area contributed by atoms with Crippen molar-refractivity contribution < 1.29 is 0 Å². The van der Waals surface area contributed by atoms with Gasteiger partial charge >= 0.3 is 0 Å². The van der Waals surface area contributed by atoms with E-state index >= 15 is 0 Å². The van der Waals surface area contributed by atoms with Crippen LogP contribution in [0, 0.1) is 0 Å². The molecule has 0 aliphatic carbocycles. The molecule has 0 fully saturated rings. The lowest BCUT2D eigenvalue weighted by molar-refractivity contribution is 0.617. The number of hydrogen-bond acceptors (Lipinski definition) is 2. The van der Waals surface area contributed by atoms with Crippen LogP contribution in [0.5, 0.6) is 0 Å². The number of anilines is 2. The van der Waals surface area contributed by atoms with Gasteiger partial charge in [0.2, 0.25) is 0 Å². The highest BCUT2D eigenvalue weighted by atomic mass is 79.9. The summed E-state index contributed by atoms with van der Waals surface area (Å²) < 4.78 is 1.17. The van der Waals surface area contributed by atoms with E-state index in [1.807, 2.05) is 7.05 Å². The number of benzene rings is 2. The fourth-order valence-corrected chi connectivity index (χ4v) is 3.73. The molecule has 3 rings (SSSR count). The van der Waals surface area contributed by atoms with E-state index in [0.717, 1.165) is 6.54 Å². The number of para-hydroxylation sites is 1. The molecule has 0 spiro atoms. The van der Waals surface area contributed by atoms with Gasteiger partial charge in [-0.15, -0.1) is 0 Å². The lowest BCUT2D eigenvalue weighted by atomic mass is 9.96. The van der Waals surface area contributed by atoms with E-state index in [-0.39, 0.29) is 0 Å². The maximum atomic E-state index is 3.76. The van der Waals surface area contributed by atoms with Crippen molar-refractivity contribution >= 4 is 27.3 Å². The Morgan fingerprint density at radius 1 is 1.19 bits per heavy atom. The molecule has 0 aromatic heterocycles. The van der Waals surface area contributed by atoms with E-state index in [4.69, 9.17) is 0 Å². The van der Waals surface area contributed by atoms with E-state index in [2.05, 4.69) is 75.5 Å². The van der Waals surface area contributed by atoms with Crippen molar-refractivity contribution in [2.24, 2.45) is 0 Å². The molecular formula is C18H21BrN2. The highest BCUT2D eigenvalue weighted by Crippen LogP contribution is 2.40. The van der Waals surface area contributed by atoms with Crippen molar-refractivity contribution in [3.05, 3.63) is 58.1 Å². The first-order chi connectivity index (χ1) is 10.2. The third-order valence-electron chi connectivity index (χ3n) is 4.18. The second-order valence-corrected chi connectivity index (χ2v) is 6.56. The SMILES string of the molecule is CNCc1ccc(N2c3ccccc3CCC2C)c(Br)c1. The fraction of sp³-hybridized carbons (Fsp3) is 0.333. The van der Waals surface area contributed by atoms with E-state index in [0.29, 0.717) is 6.04 Å². The third kappa shape index (κ3) is 2.85. The normalized spacial score (nSPS) is 17.7. The van der Waals surface area contributed by atoms with Gasteiger partial charge in [-0.1, -0.05) is 24.3 Å². The van der Waals surface area contributed by atoms with Crippen LogP contribution in [0.4, 0.5) is 11.4 Å². The second kappa shape index (κ2) is 6.20. The molecule has 3 heteroatoms. The molecule has 0 saturated carbocycles. The number of nitrogens with zero attached hydrogens (tertiary/aromatic N) is 1. The average Bonchev–Trinajstić information content (AvgIpc) is 2.49. The number of hydrogen-bond donors (Lipinski definition) is 1. The topological polar surface area (TPSA) is 15.3 Å². The van der Waals surface area contributed by atoms with Crippen LogP contribution in [0.1, 0.15) is 24.5 Å². The maximum absolute atomic E-state index is 3.76. The lowest BCUT2D eigenvalue weighted by Gasteiger charge is -2.37. The number of aryl methyl sites for hydroxylation is 1. The van der Waals surface area contributed by atoms with E-state index in [1.54, 1.807) is 0 Å². The number of rotatable bonds is 3. The van der Waals surface area contributed by atoms with E-state index in [1.165, 1.54) is 39.8 Å². The Balaban J connectivity index is 2.03. The zero-order chi connectivity index (χ0) is 14.8. The number of halogens is 1. The monoisotopic (exact) mass is 344 g/mol. The summed E-state index contributed by atoms with van der Waals surface area (Å²) in [4.78, 5) is 2.46. The molecule has 0 saturated heterocycles. The van der Waals surface area contributed by atoms with Gasteiger partial charge in [0.1, 0.15) is 0 Å². The Hall–Kier alpha value is -1.32. The molecule has 1 atom stereocenters. The molecule has 1 aliphatic rings. The zero-order valence-electron chi connectivity index (χ0n) is 12.6. The van der Waals surface area contributed by atoms with Crippen molar-refractivity contribution in [3.63, 3.8) is 0 Å². The van der Waals surface area contributed by atoms with Gasteiger partial charge in [0.05, 0.1) is 5.69 Å². The van der Waals surface area contributed by atoms with Gasteiger partial charge in [-0.2, -0.15) is 0 Å². The van der Waals surface area contributed by atoms with Crippen LogP contribution in [-0.2, 0) is 13.0 Å². The number of nitrogens with one attached hydrogen (secondary N) is 1. The molecular weight excluding hydrogens is 324 g/mol. The number of fused-ring (bicyclic) bond motifs is 1. The van der Waals surface area contributed by atoms with Crippen molar-refractivity contribution in [2.75, 3.05) is 11.9 Å². The van der Waals surface area contributed by atoms with Crippen LogP contribution in [0.25, 0.3) is 0 Å². The molecule has 110 valence electrons. The molecule has 2 aromatic rings. The Kier molecular flexibility index (Phi) is 4.32. The van der Waals surface area contributed by atoms with Gasteiger partial charge in [-0.05, 0) is 72.1 Å². The Bertz CT molecular complexity index is 639. The predicted octanol–water partition coefficient (Wildman–Crippen LogP) is 4.64. The Morgan fingerprint density at radius 3 is 2.76 bits per heavy atom. The zero-order valence-corrected chi connectivity index (χ0v) is 14.2. The van der Waals surface area contributed by atoms with Crippen LogP contribution in [0.2, 0.25) is 0 Å². The molecule has 1 N–H and O–H groups in total. The van der Waals surface area contributed by atoms with Gasteiger partial charge < -0.3 is 10.2 Å². The summed E-state index contributed by atoms with van der Waals surface area (Å²) in [6.45, 7) is 3.20. The van der Waals surface area contributed by atoms with Crippen molar-refractivity contribution in [1.29, 1.82) is 0 Å². The molecule has 1 unspecified atom stereocenters. The van der Waals surface area contributed by atoms with Crippen molar-refractivity contribution in [2.45, 2.75) is 32.4 Å². The van der Waals surface area contributed by atoms with E-state index in [9.17, 15) is 0 Å². The minimum atomic E-state index is 0.520. The van der Waals surface area contributed by atoms with E-state index < -0.39 is 0 Å². The van der Waals surface area contributed by atoms with Crippen LogP contribution in [-0.4, -0.2) is 13.1 Å². The largest absolute Gasteiger partial charge is 0.337 e. The highest BCUT2D eigenvalue weighted by Gasteiger charge is 2.25. The molecule has 21 heavy (non-hydrogen) atoms. The van der Waals surface area contributed by atoms with Crippen molar-refractivity contribution in [1.82, 2.24) is 5.32 Å². The van der Waals surface area contributed by atoms with Crippen molar-refractivity contribution in [3.8, 4) is 0 Å². The third-order valence-corrected chi connectivity index (χ3v) is 4.81. The summed E-state index contributed by atoms with van der Waals surface area (Å²) >= 11 is 3.76. The summed E-state index contributed by atoms with van der Waals surface area (Å²) in [5.41, 5.74) is 5.35. The molecule has 0 bridgehead atoms. The van der Waals surface area contributed by atoms with Gasteiger partial charge in [0.25, 0.3) is 0 Å². The first-order valence-corrected chi connectivity index (χ1v) is 8.30. The summed E-state index contributed by atoms with van der Waals surface area (Å²) in [5, 5.41) is 3.20. The summed E-state index contributed by atoms with van der Waals surface area (Å²) in [6.07, 6.45) is 2.37. The minimum Gasteiger partial charge on any atom is -0.337 e. The molecule has 2 nitrogen and oxygen atoms in total. The maximum Gasteiger partial charge on any atom is 0.0557 e. The Labute approximate surface area is 135 Å². The van der Waals surface area contributed by atoms with Gasteiger partial charge in [-0.25, -0.2) is 0 Å². The average molecular weight is 345 g/mol. The van der Waals surface area contributed by atoms with Crippen LogP contribution in [0.15, 0.2) is 46.9 Å². The van der Waals surface area contributed by atoms with Gasteiger partial charge in [0, 0.05) is 22.7 Å². The first-order valence-electron chi connectivity index (χ1n) is 7.51. The first kappa shape index (κ1) is 14.6. The molecule has 1 aliphatic heterocycles. The smallest absolute Gasteiger partial charge is 0.0557 e. The second-order valence-electron chi connectivity index (χ2n) is 5.70. The predicted molar refractivity (Wildman–Crippen MR) is 93.3 cm³/mol. The van der Waals surface area contributed by atoms with Crippen LogP contribution >= 0.6 is 15.9 Å². The standard InChI is InChI=1S/C18H21BrN2/c1-13-7-9-15-5-3-4-6-17(15)21(13)18-10-8-14(12-20-2)11-16(18)19/h3-6,8,10-11,13,20H,7,9,12H2,1-2H3. The quantitative estimate of drug-likeness (QED) is 0.872. The Morgan fingerprint density at radius 2 is 2.00 bits per heavy atom. The molecule has 2 aromatic carbocycles. The summed E-state index contributed by atoms with van der Waals surface area (Å²) in [7, 11) is 1.98. The molecule has 0 radical (unpaired) electrons.